The van der Waals surface area contributed by atoms with E-state index in [4.69, 9.17) is 14.5 Å². The number of rotatable bonds is 5. The molecule has 6 nitrogen and oxygen atoms in total. The second-order valence-corrected chi connectivity index (χ2v) is 8.64. The number of fused-ring (bicyclic) bond motifs is 2. The van der Waals surface area contributed by atoms with Gasteiger partial charge in [-0.1, -0.05) is 12.1 Å². The van der Waals surface area contributed by atoms with Crippen molar-refractivity contribution in [1.29, 1.82) is 0 Å². The molecule has 1 aliphatic carbocycles. The number of H-pyrrole nitrogens is 1. The fourth-order valence-corrected chi connectivity index (χ4v) is 5.42. The molecule has 31 heavy (non-hydrogen) atoms. The lowest BCUT2D eigenvalue weighted by molar-refractivity contribution is 0.102. The van der Waals surface area contributed by atoms with Crippen LogP contribution in [0.3, 0.4) is 0 Å². The lowest BCUT2D eigenvalue weighted by atomic mass is 9.95. The number of para-hydroxylation sites is 2. The molecule has 0 fully saturated rings. The molecule has 158 valence electrons. The first-order valence-electron chi connectivity index (χ1n) is 10.3. The molecule has 0 saturated carbocycles. The lowest BCUT2D eigenvalue weighted by Crippen LogP contribution is -2.13. The van der Waals surface area contributed by atoms with E-state index in [9.17, 15) is 4.79 Å². The third-order valence-electron chi connectivity index (χ3n) is 5.68. The molecule has 2 aromatic heterocycles. The van der Waals surface area contributed by atoms with Gasteiger partial charge in [-0.2, -0.15) is 0 Å². The molecule has 1 aliphatic rings. The molecule has 0 aliphatic heterocycles. The van der Waals surface area contributed by atoms with Crippen LogP contribution in [0.5, 0.6) is 11.5 Å². The summed E-state index contributed by atoms with van der Waals surface area (Å²) in [6, 6.07) is 13.2. The van der Waals surface area contributed by atoms with E-state index in [1.165, 1.54) is 16.9 Å². The van der Waals surface area contributed by atoms with Crippen molar-refractivity contribution >= 4 is 33.3 Å². The van der Waals surface area contributed by atoms with Gasteiger partial charge < -0.3 is 19.8 Å². The smallest absolute Gasteiger partial charge is 0.260 e. The molecule has 2 heterocycles. The Kier molecular flexibility index (Phi) is 5.11. The van der Waals surface area contributed by atoms with Crippen molar-refractivity contribution in [3.63, 3.8) is 0 Å². The number of hydrogen-bond donors (Lipinski definition) is 2. The molecule has 0 spiro atoms. The Bertz CT molecular complexity index is 1240. The molecular formula is C24H23N3O3S. The highest BCUT2D eigenvalue weighted by Crippen LogP contribution is 2.44. The first-order valence-corrected chi connectivity index (χ1v) is 11.1. The van der Waals surface area contributed by atoms with Crippen molar-refractivity contribution < 1.29 is 14.3 Å². The number of nitrogens with one attached hydrogen (secondary N) is 2. The monoisotopic (exact) mass is 433 g/mol. The number of carbonyl (C=O) groups is 1. The van der Waals surface area contributed by atoms with E-state index < -0.39 is 0 Å². The van der Waals surface area contributed by atoms with Gasteiger partial charge in [-0.05, 0) is 55.5 Å². The largest absolute Gasteiger partial charge is 0.497 e. The highest BCUT2D eigenvalue weighted by molar-refractivity contribution is 7.17. The second-order valence-electron chi connectivity index (χ2n) is 7.54. The second kappa shape index (κ2) is 8.07. The maximum atomic E-state index is 13.2. The summed E-state index contributed by atoms with van der Waals surface area (Å²) in [5.74, 6) is 1.71. The Morgan fingerprint density at radius 3 is 2.74 bits per heavy atom. The summed E-state index contributed by atoms with van der Waals surface area (Å²) in [6.07, 6.45) is 4.36. The van der Waals surface area contributed by atoms with Crippen LogP contribution in [0.4, 0.5) is 5.00 Å². The zero-order valence-electron chi connectivity index (χ0n) is 17.5. The average molecular weight is 434 g/mol. The minimum Gasteiger partial charge on any atom is -0.497 e. The van der Waals surface area contributed by atoms with Crippen LogP contribution >= 0.6 is 11.3 Å². The molecule has 1 amide bonds. The van der Waals surface area contributed by atoms with Gasteiger partial charge in [-0.25, -0.2) is 4.98 Å². The van der Waals surface area contributed by atoms with Crippen molar-refractivity contribution in [2.24, 2.45) is 0 Å². The third kappa shape index (κ3) is 3.55. The Balaban J connectivity index is 1.57. The molecule has 0 saturated heterocycles. The summed E-state index contributed by atoms with van der Waals surface area (Å²) in [7, 11) is 3.14. The number of benzene rings is 2. The van der Waals surface area contributed by atoms with Crippen LogP contribution in [0, 0.1) is 0 Å². The van der Waals surface area contributed by atoms with E-state index in [0.29, 0.717) is 17.1 Å². The number of aromatic nitrogens is 2. The van der Waals surface area contributed by atoms with Gasteiger partial charge in [0.05, 0.1) is 36.4 Å². The number of ether oxygens (including phenoxy) is 2. The number of aromatic amines is 1. The SMILES string of the molecule is COc1ccc(C(=O)Nc2sc3c(c2-c2nc4ccccc4[nH]2)CCCC3)c(OC)c1. The van der Waals surface area contributed by atoms with Crippen molar-refractivity contribution in [3.05, 3.63) is 58.5 Å². The minimum atomic E-state index is -0.213. The molecule has 4 aromatic rings. The Hall–Kier alpha value is -3.32. The van der Waals surface area contributed by atoms with Crippen molar-refractivity contribution in [1.82, 2.24) is 9.97 Å². The summed E-state index contributed by atoms with van der Waals surface area (Å²) in [4.78, 5) is 22.8. The standard InChI is InChI=1S/C24H23N3O3S/c1-29-14-11-12-15(19(13-14)30-2)23(28)27-24-21(16-7-3-6-10-20(16)31-24)22-25-17-8-4-5-9-18(17)26-22/h4-5,8-9,11-13H,3,6-7,10H2,1-2H3,(H,25,26)(H,27,28). The minimum absolute atomic E-state index is 0.213. The van der Waals surface area contributed by atoms with E-state index in [1.54, 1.807) is 43.8 Å². The fourth-order valence-electron chi connectivity index (χ4n) is 4.13. The molecule has 7 heteroatoms. The number of anilines is 1. The maximum Gasteiger partial charge on any atom is 0.260 e. The number of imidazole rings is 1. The zero-order valence-corrected chi connectivity index (χ0v) is 18.3. The molecule has 0 atom stereocenters. The summed E-state index contributed by atoms with van der Waals surface area (Å²) < 4.78 is 10.7. The molecule has 2 aromatic carbocycles. The predicted octanol–water partition coefficient (Wildman–Crippen LogP) is 5.44. The van der Waals surface area contributed by atoms with Crippen LogP contribution in [-0.4, -0.2) is 30.1 Å². The predicted molar refractivity (Wildman–Crippen MR) is 124 cm³/mol. The van der Waals surface area contributed by atoms with Gasteiger partial charge in [0.15, 0.2) is 0 Å². The van der Waals surface area contributed by atoms with Gasteiger partial charge in [-0.15, -0.1) is 11.3 Å². The molecule has 5 rings (SSSR count). The number of aryl methyl sites for hydroxylation is 1. The summed E-state index contributed by atoms with van der Waals surface area (Å²) in [5, 5.41) is 3.97. The first-order chi connectivity index (χ1) is 15.2. The van der Waals surface area contributed by atoms with Gasteiger partial charge in [0.25, 0.3) is 5.91 Å². The zero-order chi connectivity index (χ0) is 21.4. The first kappa shape index (κ1) is 19.6. The number of methoxy groups -OCH3 is 2. The molecule has 0 radical (unpaired) electrons. The van der Waals surface area contributed by atoms with E-state index in [2.05, 4.69) is 10.3 Å². The third-order valence-corrected chi connectivity index (χ3v) is 6.89. The van der Waals surface area contributed by atoms with E-state index in [0.717, 1.165) is 46.7 Å². The summed E-state index contributed by atoms with van der Waals surface area (Å²) in [6.45, 7) is 0. The van der Waals surface area contributed by atoms with Gasteiger partial charge >= 0.3 is 0 Å². The quantitative estimate of drug-likeness (QED) is 0.439. The molecular weight excluding hydrogens is 410 g/mol. The number of thiophene rings is 1. The van der Waals surface area contributed by atoms with Crippen LogP contribution in [0.25, 0.3) is 22.4 Å². The van der Waals surface area contributed by atoms with Gasteiger partial charge in [0, 0.05) is 10.9 Å². The lowest BCUT2D eigenvalue weighted by Gasteiger charge is -2.12. The van der Waals surface area contributed by atoms with Gasteiger partial charge in [-0.3, -0.25) is 4.79 Å². The highest BCUT2D eigenvalue weighted by Gasteiger charge is 2.26. The van der Waals surface area contributed by atoms with Crippen molar-refractivity contribution in [2.45, 2.75) is 25.7 Å². The Morgan fingerprint density at radius 2 is 1.94 bits per heavy atom. The van der Waals surface area contributed by atoms with Crippen LogP contribution < -0.4 is 14.8 Å². The van der Waals surface area contributed by atoms with Crippen LogP contribution in [0.2, 0.25) is 0 Å². The molecule has 0 unspecified atom stereocenters. The van der Waals surface area contributed by atoms with Crippen molar-refractivity contribution in [3.8, 4) is 22.9 Å². The molecule has 0 bridgehead atoms. The van der Waals surface area contributed by atoms with E-state index >= 15 is 0 Å². The maximum absolute atomic E-state index is 13.2. The summed E-state index contributed by atoms with van der Waals surface area (Å²) >= 11 is 1.65. The topological polar surface area (TPSA) is 76.2 Å². The van der Waals surface area contributed by atoms with Crippen LogP contribution in [0.1, 0.15) is 33.6 Å². The van der Waals surface area contributed by atoms with Gasteiger partial charge in [0.2, 0.25) is 0 Å². The van der Waals surface area contributed by atoms with Crippen molar-refractivity contribution in [2.75, 3.05) is 19.5 Å². The highest BCUT2D eigenvalue weighted by atomic mass is 32.1. The van der Waals surface area contributed by atoms with Gasteiger partial charge in [0.1, 0.15) is 22.3 Å². The Morgan fingerprint density at radius 1 is 1.10 bits per heavy atom. The number of amides is 1. The Labute approximate surface area is 184 Å². The van der Waals surface area contributed by atoms with E-state index in [-0.39, 0.29) is 5.91 Å². The van der Waals surface area contributed by atoms with Crippen LogP contribution in [0.15, 0.2) is 42.5 Å². The fraction of sp³-hybridized carbons (Fsp3) is 0.250. The van der Waals surface area contributed by atoms with Crippen LogP contribution in [-0.2, 0) is 12.8 Å². The van der Waals surface area contributed by atoms with E-state index in [1.807, 2.05) is 24.3 Å². The number of carbonyl (C=O) groups excluding carboxylic acids is 1. The number of nitrogens with zero attached hydrogens (tertiary/aromatic N) is 1. The average Bonchev–Trinajstić information content (AvgIpc) is 3.38. The number of hydrogen-bond acceptors (Lipinski definition) is 5. The normalized spacial score (nSPS) is 13.1. The molecule has 2 N–H and O–H groups in total. The summed E-state index contributed by atoms with van der Waals surface area (Å²) in [5.41, 5.74) is 4.68.